The van der Waals surface area contributed by atoms with E-state index in [2.05, 4.69) is 11.4 Å². The highest BCUT2D eigenvalue weighted by Gasteiger charge is 2.14. The van der Waals surface area contributed by atoms with Gasteiger partial charge in [0.15, 0.2) is 0 Å². The van der Waals surface area contributed by atoms with Crippen molar-refractivity contribution in [3.63, 3.8) is 0 Å². The van der Waals surface area contributed by atoms with E-state index in [0.29, 0.717) is 21.3 Å². The molecule has 0 amide bonds. The molecule has 102 valence electrons. The van der Waals surface area contributed by atoms with Gasteiger partial charge in [0.05, 0.1) is 6.07 Å². The minimum atomic E-state index is -0.680. The minimum Gasteiger partial charge on any atom is -0.366 e. The predicted molar refractivity (Wildman–Crippen MR) is 79.6 cm³/mol. The van der Waals surface area contributed by atoms with Crippen molar-refractivity contribution in [2.24, 2.45) is 0 Å². The normalized spacial score (nSPS) is 11.8. The molecule has 0 aromatic heterocycles. The van der Waals surface area contributed by atoms with E-state index in [1.807, 2.05) is 0 Å². The molecule has 0 radical (unpaired) electrons. The van der Waals surface area contributed by atoms with E-state index in [-0.39, 0.29) is 5.82 Å². The Morgan fingerprint density at radius 2 is 1.95 bits per heavy atom. The summed E-state index contributed by atoms with van der Waals surface area (Å²) in [4.78, 5) is 0. The van der Waals surface area contributed by atoms with Crippen LogP contribution >= 0.6 is 23.2 Å². The number of nitrogens with zero attached hydrogens (tertiary/aromatic N) is 1. The van der Waals surface area contributed by atoms with Gasteiger partial charge in [-0.25, -0.2) is 4.39 Å². The first kappa shape index (κ1) is 14.6. The molecule has 1 N–H and O–H groups in total. The van der Waals surface area contributed by atoms with Crippen LogP contribution in [0.4, 0.5) is 10.1 Å². The number of nitrogens with one attached hydrogen (secondary N) is 1. The van der Waals surface area contributed by atoms with E-state index in [0.717, 1.165) is 5.56 Å². The van der Waals surface area contributed by atoms with Crippen LogP contribution in [0.3, 0.4) is 0 Å². The summed E-state index contributed by atoms with van der Waals surface area (Å²) in [6.45, 7) is 1.78. The smallest absolute Gasteiger partial charge is 0.141 e. The summed E-state index contributed by atoms with van der Waals surface area (Å²) in [7, 11) is 0. The van der Waals surface area contributed by atoms with Crippen LogP contribution in [0.5, 0.6) is 0 Å². The highest BCUT2D eigenvalue weighted by molar-refractivity contribution is 6.35. The van der Waals surface area contributed by atoms with Gasteiger partial charge in [-0.05, 0) is 42.8 Å². The predicted octanol–water partition coefficient (Wildman–Crippen LogP) is 5.12. The lowest BCUT2D eigenvalue weighted by atomic mass is 10.1. The number of anilines is 1. The Morgan fingerprint density at radius 3 is 2.55 bits per heavy atom. The zero-order valence-electron chi connectivity index (χ0n) is 10.6. The number of rotatable bonds is 3. The average molecular weight is 309 g/mol. The summed E-state index contributed by atoms with van der Waals surface area (Å²) in [6.07, 6.45) is 0. The second kappa shape index (κ2) is 6.13. The van der Waals surface area contributed by atoms with Crippen LogP contribution in [0.25, 0.3) is 0 Å². The first-order valence-electron chi connectivity index (χ1n) is 5.88. The van der Waals surface area contributed by atoms with Crippen molar-refractivity contribution in [2.75, 3.05) is 5.32 Å². The Hall–Kier alpha value is -1.76. The molecule has 0 fully saturated rings. The topological polar surface area (TPSA) is 35.8 Å². The van der Waals surface area contributed by atoms with Crippen molar-refractivity contribution in [1.82, 2.24) is 0 Å². The molecule has 0 spiro atoms. The molecule has 1 atom stereocenters. The molecule has 20 heavy (non-hydrogen) atoms. The molecule has 1 unspecified atom stereocenters. The highest BCUT2D eigenvalue weighted by atomic mass is 35.5. The van der Waals surface area contributed by atoms with Crippen LogP contribution < -0.4 is 5.32 Å². The maximum atomic E-state index is 13.4. The van der Waals surface area contributed by atoms with Crippen molar-refractivity contribution in [1.29, 1.82) is 5.26 Å². The largest absolute Gasteiger partial charge is 0.366 e. The van der Waals surface area contributed by atoms with Gasteiger partial charge in [0, 0.05) is 21.3 Å². The fourth-order valence-electron chi connectivity index (χ4n) is 1.90. The summed E-state index contributed by atoms with van der Waals surface area (Å²) in [5, 5.41) is 13.1. The molecule has 2 rings (SSSR count). The van der Waals surface area contributed by atoms with Crippen LogP contribution in [0.15, 0.2) is 36.4 Å². The number of hydrogen-bond acceptors (Lipinski definition) is 2. The van der Waals surface area contributed by atoms with Gasteiger partial charge >= 0.3 is 0 Å². The second-order valence-corrected chi connectivity index (χ2v) is 5.23. The number of halogens is 3. The lowest BCUT2D eigenvalue weighted by molar-refractivity contribution is 0.627. The first-order valence-corrected chi connectivity index (χ1v) is 6.63. The molecule has 0 aliphatic carbocycles. The third-order valence-electron chi connectivity index (χ3n) is 2.76. The van der Waals surface area contributed by atoms with Gasteiger partial charge in [-0.1, -0.05) is 29.3 Å². The Kier molecular flexibility index (Phi) is 4.49. The summed E-state index contributed by atoms with van der Waals surface area (Å²) >= 11 is 11.9. The molecule has 5 heteroatoms. The molecule has 0 heterocycles. The molecular formula is C15H11Cl2FN2. The molecule has 2 aromatic rings. The van der Waals surface area contributed by atoms with Crippen LogP contribution in [-0.4, -0.2) is 0 Å². The van der Waals surface area contributed by atoms with Crippen molar-refractivity contribution in [3.8, 4) is 6.07 Å². The second-order valence-electron chi connectivity index (χ2n) is 4.39. The zero-order valence-corrected chi connectivity index (χ0v) is 12.1. The summed E-state index contributed by atoms with van der Waals surface area (Å²) in [5.74, 6) is -0.355. The Labute approximate surface area is 126 Å². The monoisotopic (exact) mass is 308 g/mol. The van der Waals surface area contributed by atoms with Crippen LogP contribution in [0, 0.1) is 24.1 Å². The van der Waals surface area contributed by atoms with Crippen LogP contribution in [0.1, 0.15) is 17.2 Å². The fourth-order valence-corrected chi connectivity index (χ4v) is 2.42. The molecule has 0 aliphatic heterocycles. The molecular weight excluding hydrogens is 298 g/mol. The van der Waals surface area contributed by atoms with E-state index in [1.54, 1.807) is 31.2 Å². The van der Waals surface area contributed by atoms with Gasteiger partial charge in [0.2, 0.25) is 0 Å². The Balaban J connectivity index is 2.31. The van der Waals surface area contributed by atoms with Crippen molar-refractivity contribution >= 4 is 28.9 Å². The average Bonchev–Trinajstić information content (AvgIpc) is 2.35. The van der Waals surface area contributed by atoms with Crippen molar-refractivity contribution in [3.05, 3.63) is 63.4 Å². The van der Waals surface area contributed by atoms with Crippen LogP contribution in [0.2, 0.25) is 10.0 Å². The van der Waals surface area contributed by atoms with Crippen molar-refractivity contribution in [2.45, 2.75) is 13.0 Å². The van der Waals surface area contributed by atoms with Gasteiger partial charge in [0.1, 0.15) is 11.9 Å². The summed E-state index contributed by atoms with van der Waals surface area (Å²) in [5.41, 5.74) is 1.90. The van der Waals surface area contributed by atoms with Gasteiger partial charge in [0.25, 0.3) is 0 Å². The maximum Gasteiger partial charge on any atom is 0.141 e. The summed E-state index contributed by atoms with van der Waals surface area (Å²) < 4.78 is 13.4. The fraction of sp³-hybridized carbons (Fsp3) is 0.133. The molecule has 0 bridgehead atoms. The number of nitriles is 1. The third kappa shape index (κ3) is 3.41. The minimum absolute atomic E-state index is 0.355. The van der Waals surface area contributed by atoms with Gasteiger partial charge in [-0.15, -0.1) is 0 Å². The number of aryl methyl sites for hydroxylation is 1. The maximum absolute atomic E-state index is 13.4. The Morgan fingerprint density at radius 1 is 1.20 bits per heavy atom. The molecule has 2 nitrogen and oxygen atoms in total. The summed E-state index contributed by atoms with van der Waals surface area (Å²) in [6, 6.07) is 10.8. The standard InChI is InChI=1S/C15H11Cl2FN2/c1-9-4-11(18)7-12(5-9)20-15(8-19)13-3-2-10(16)6-14(13)17/h2-7,15,20H,1H3. The Bertz CT molecular complexity index is 660. The number of hydrogen-bond donors (Lipinski definition) is 1. The van der Waals surface area contributed by atoms with Crippen LogP contribution in [-0.2, 0) is 0 Å². The van der Waals surface area contributed by atoms with Gasteiger partial charge in [-0.2, -0.15) is 5.26 Å². The zero-order chi connectivity index (χ0) is 14.7. The van der Waals surface area contributed by atoms with E-state index < -0.39 is 6.04 Å². The molecule has 0 saturated carbocycles. The quantitative estimate of drug-likeness (QED) is 0.854. The first-order chi connectivity index (χ1) is 9.49. The lowest BCUT2D eigenvalue weighted by Gasteiger charge is -2.15. The molecule has 2 aromatic carbocycles. The lowest BCUT2D eigenvalue weighted by Crippen LogP contribution is -2.09. The molecule has 0 saturated heterocycles. The number of benzene rings is 2. The van der Waals surface area contributed by atoms with Crippen molar-refractivity contribution < 1.29 is 4.39 Å². The van der Waals surface area contributed by atoms with E-state index in [9.17, 15) is 9.65 Å². The SMILES string of the molecule is Cc1cc(F)cc(NC(C#N)c2ccc(Cl)cc2Cl)c1. The third-order valence-corrected chi connectivity index (χ3v) is 3.32. The van der Waals surface area contributed by atoms with E-state index in [1.165, 1.54) is 12.1 Å². The van der Waals surface area contributed by atoms with E-state index in [4.69, 9.17) is 23.2 Å². The van der Waals surface area contributed by atoms with E-state index >= 15 is 0 Å². The van der Waals surface area contributed by atoms with Gasteiger partial charge < -0.3 is 5.32 Å². The van der Waals surface area contributed by atoms with Gasteiger partial charge in [-0.3, -0.25) is 0 Å². The molecule has 0 aliphatic rings. The highest BCUT2D eigenvalue weighted by Crippen LogP contribution is 2.28.